The molecular formula is C18H16BrNO2. The van der Waals surface area contributed by atoms with Crippen molar-refractivity contribution in [2.75, 3.05) is 0 Å². The fourth-order valence-electron chi connectivity index (χ4n) is 2.42. The van der Waals surface area contributed by atoms with E-state index in [0.717, 1.165) is 32.3 Å². The van der Waals surface area contributed by atoms with Gasteiger partial charge >= 0.3 is 0 Å². The minimum atomic E-state index is -0.0977. The van der Waals surface area contributed by atoms with Gasteiger partial charge in [0.1, 0.15) is 12.4 Å². The minimum Gasteiger partial charge on any atom is -0.488 e. The Balaban J connectivity index is 2.05. The van der Waals surface area contributed by atoms with Gasteiger partial charge in [0.25, 0.3) is 0 Å². The second-order valence-corrected chi connectivity index (χ2v) is 6.02. The quantitative estimate of drug-likeness (QED) is 0.753. The van der Waals surface area contributed by atoms with Crippen molar-refractivity contribution >= 4 is 26.8 Å². The normalized spacial score (nSPS) is 10.9. The van der Waals surface area contributed by atoms with Crippen LogP contribution in [0.15, 0.2) is 53.0 Å². The Hall–Kier alpha value is -1.91. The third kappa shape index (κ3) is 2.98. The second-order valence-electron chi connectivity index (χ2n) is 5.11. The van der Waals surface area contributed by atoms with Gasteiger partial charge in [0.05, 0.1) is 17.8 Å². The van der Waals surface area contributed by atoms with E-state index in [4.69, 9.17) is 4.74 Å². The number of aliphatic hydroxyl groups is 1. The summed E-state index contributed by atoms with van der Waals surface area (Å²) in [5.74, 6) is 0.777. The molecule has 2 aromatic carbocycles. The van der Waals surface area contributed by atoms with Crippen LogP contribution in [0.5, 0.6) is 5.75 Å². The molecule has 1 aromatic heterocycles. The summed E-state index contributed by atoms with van der Waals surface area (Å²) < 4.78 is 7.04. The fraction of sp³-hybridized carbons (Fsp3) is 0.167. The minimum absolute atomic E-state index is 0.0977. The van der Waals surface area contributed by atoms with Crippen molar-refractivity contribution < 1.29 is 9.84 Å². The van der Waals surface area contributed by atoms with Crippen LogP contribution in [0.3, 0.4) is 0 Å². The molecule has 3 nitrogen and oxygen atoms in total. The van der Waals surface area contributed by atoms with Crippen LogP contribution >= 0.6 is 15.9 Å². The number of aliphatic hydroxyl groups excluding tert-OH is 1. The Morgan fingerprint density at radius 1 is 1.14 bits per heavy atom. The zero-order valence-electron chi connectivity index (χ0n) is 12.2. The number of benzene rings is 2. The molecular weight excluding hydrogens is 342 g/mol. The number of nitrogens with zero attached hydrogens (tertiary/aromatic N) is 1. The highest BCUT2D eigenvalue weighted by molar-refractivity contribution is 9.10. The van der Waals surface area contributed by atoms with Gasteiger partial charge in [0.15, 0.2) is 0 Å². The first-order valence-corrected chi connectivity index (χ1v) is 7.84. The van der Waals surface area contributed by atoms with Crippen LogP contribution in [0.25, 0.3) is 10.9 Å². The van der Waals surface area contributed by atoms with E-state index < -0.39 is 0 Å². The molecule has 0 aliphatic heterocycles. The number of hydrogen-bond donors (Lipinski definition) is 1. The van der Waals surface area contributed by atoms with Gasteiger partial charge < -0.3 is 9.84 Å². The van der Waals surface area contributed by atoms with E-state index in [1.165, 1.54) is 0 Å². The van der Waals surface area contributed by atoms with Gasteiger partial charge in [-0.1, -0.05) is 46.3 Å². The third-order valence-electron chi connectivity index (χ3n) is 3.61. The Kier molecular flexibility index (Phi) is 4.41. The topological polar surface area (TPSA) is 42.4 Å². The number of rotatable bonds is 4. The molecule has 0 radical (unpaired) electrons. The lowest BCUT2D eigenvalue weighted by atomic mass is 10.1. The fourth-order valence-corrected chi connectivity index (χ4v) is 2.78. The largest absolute Gasteiger partial charge is 0.488 e. The van der Waals surface area contributed by atoms with Crippen molar-refractivity contribution in [3.63, 3.8) is 0 Å². The third-order valence-corrected chi connectivity index (χ3v) is 4.10. The highest BCUT2D eigenvalue weighted by Gasteiger charge is 2.13. The maximum absolute atomic E-state index is 9.51. The number of hydrogen-bond acceptors (Lipinski definition) is 3. The highest BCUT2D eigenvalue weighted by Crippen LogP contribution is 2.33. The summed E-state index contributed by atoms with van der Waals surface area (Å²) in [7, 11) is 0. The molecule has 0 aliphatic rings. The van der Waals surface area contributed by atoms with Gasteiger partial charge in [-0.2, -0.15) is 0 Å². The molecule has 0 bridgehead atoms. The molecule has 0 unspecified atom stereocenters. The van der Waals surface area contributed by atoms with Gasteiger partial charge in [0, 0.05) is 15.4 Å². The molecule has 0 fully saturated rings. The summed E-state index contributed by atoms with van der Waals surface area (Å²) in [5.41, 5.74) is 3.45. The SMILES string of the molecule is Cc1c(CO)nc2ccc(Br)cc2c1OCc1ccccc1. The maximum Gasteiger partial charge on any atom is 0.134 e. The number of aromatic nitrogens is 1. The van der Waals surface area contributed by atoms with Crippen LogP contribution in [0.1, 0.15) is 16.8 Å². The number of ether oxygens (including phenoxy) is 1. The summed E-state index contributed by atoms with van der Waals surface area (Å²) >= 11 is 3.49. The van der Waals surface area contributed by atoms with Crippen molar-refractivity contribution in [3.05, 3.63) is 69.8 Å². The van der Waals surface area contributed by atoms with Crippen molar-refractivity contribution in [3.8, 4) is 5.75 Å². The molecule has 4 heteroatoms. The van der Waals surface area contributed by atoms with Gasteiger partial charge in [0.2, 0.25) is 0 Å². The predicted molar refractivity (Wildman–Crippen MR) is 90.9 cm³/mol. The van der Waals surface area contributed by atoms with Crippen LogP contribution in [0.4, 0.5) is 0 Å². The van der Waals surface area contributed by atoms with Crippen LogP contribution < -0.4 is 4.74 Å². The van der Waals surface area contributed by atoms with Crippen LogP contribution in [-0.4, -0.2) is 10.1 Å². The molecule has 3 rings (SSSR count). The Labute approximate surface area is 137 Å². The molecule has 0 saturated carbocycles. The Morgan fingerprint density at radius 3 is 2.64 bits per heavy atom. The molecule has 3 aromatic rings. The van der Waals surface area contributed by atoms with E-state index in [0.29, 0.717) is 12.3 Å². The molecule has 112 valence electrons. The van der Waals surface area contributed by atoms with Gasteiger partial charge in [-0.15, -0.1) is 0 Å². The zero-order chi connectivity index (χ0) is 15.5. The van der Waals surface area contributed by atoms with Crippen molar-refractivity contribution in [2.24, 2.45) is 0 Å². The molecule has 0 spiro atoms. The van der Waals surface area contributed by atoms with Gasteiger partial charge in [-0.25, -0.2) is 4.98 Å². The van der Waals surface area contributed by atoms with E-state index in [9.17, 15) is 5.11 Å². The van der Waals surface area contributed by atoms with E-state index in [2.05, 4.69) is 20.9 Å². The number of pyridine rings is 1. The van der Waals surface area contributed by atoms with Crippen molar-refractivity contribution in [1.82, 2.24) is 4.98 Å². The summed E-state index contributed by atoms with van der Waals surface area (Å²) in [6.45, 7) is 2.32. The Morgan fingerprint density at radius 2 is 1.91 bits per heavy atom. The lowest BCUT2D eigenvalue weighted by molar-refractivity contribution is 0.272. The standard InChI is InChI=1S/C18H16BrNO2/c1-12-17(10-21)20-16-8-7-14(19)9-15(16)18(12)22-11-13-5-3-2-4-6-13/h2-9,21H,10-11H2,1H3. The van der Waals surface area contributed by atoms with Crippen LogP contribution in [0.2, 0.25) is 0 Å². The summed E-state index contributed by atoms with van der Waals surface area (Å²) in [6, 6.07) is 15.9. The molecule has 1 N–H and O–H groups in total. The molecule has 0 saturated heterocycles. The van der Waals surface area contributed by atoms with E-state index >= 15 is 0 Å². The molecule has 0 amide bonds. The predicted octanol–water partition coefficient (Wildman–Crippen LogP) is 4.38. The van der Waals surface area contributed by atoms with Crippen LogP contribution in [-0.2, 0) is 13.2 Å². The molecule has 0 aliphatic carbocycles. The second kappa shape index (κ2) is 6.46. The number of fused-ring (bicyclic) bond motifs is 1. The lowest BCUT2D eigenvalue weighted by Gasteiger charge is -2.15. The average Bonchev–Trinajstić information content (AvgIpc) is 2.54. The molecule has 22 heavy (non-hydrogen) atoms. The Bertz CT molecular complexity index is 803. The van der Waals surface area contributed by atoms with Crippen LogP contribution in [0, 0.1) is 6.92 Å². The monoisotopic (exact) mass is 357 g/mol. The molecule has 0 atom stereocenters. The maximum atomic E-state index is 9.51. The van der Waals surface area contributed by atoms with E-state index in [1.54, 1.807) is 0 Å². The lowest BCUT2D eigenvalue weighted by Crippen LogP contribution is -2.02. The first-order valence-electron chi connectivity index (χ1n) is 7.05. The van der Waals surface area contributed by atoms with Gasteiger partial charge in [-0.05, 0) is 30.7 Å². The van der Waals surface area contributed by atoms with E-state index in [1.807, 2.05) is 55.5 Å². The summed E-state index contributed by atoms with van der Waals surface area (Å²) in [4.78, 5) is 4.50. The van der Waals surface area contributed by atoms with Crippen molar-refractivity contribution in [1.29, 1.82) is 0 Å². The molecule has 1 heterocycles. The summed E-state index contributed by atoms with van der Waals surface area (Å²) in [5, 5.41) is 10.5. The van der Waals surface area contributed by atoms with E-state index in [-0.39, 0.29) is 6.61 Å². The summed E-state index contributed by atoms with van der Waals surface area (Å²) in [6.07, 6.45) is 0. The van der Waals surface area contributed by atoms with Gasteiger partial charge in [-0.3, -0.25) is 0 Å². The smallest absolute Gasteiger partial charge is 0.134 e. The average molecular weight is 358 g/mol. The first kappa shape index (κ1) is 15.0. The first-order chi connectivity index (χ1) is 10.7. The number of halogens is 1. The van der Waals surface area contributed by atoms with Crippen molar-refractivity contribution in [2.45, 2.75) is 20.1 Å². The highest BCUT2D eigenvalue weighted by atomic mass is 79.9. The zero-order valence-corrected chi connectivity index (χ0v) is 13.8.